The number of rotatable bonds is 4. The van der Waals surface area contributed by atoms with Crippen molar-refractivity contribution in [3.63, 3.8) is 0 Å². The summed E-state index contributed by atoms with van der Waals surface area (Å²) in [5.41, 5.74) is 0. The highest BCUT2D eigenvalue weighted by atomic mass is 32.2. The number of hydrogen-bond acceptors (Lipinski definition) is 4. The van der Waals surface area contributed by atoms with E-state index in [1.54, 1.807) is 6.92 Å². The van der Waals surface area contributed by atoms with E-state index < -0.39 is 19.7 Å². The molecule has 0 saturated carbocycles. The Morgan fingerprint density at radius 1 is 1.08 bits per heavy atom. The Morgan fingerprint density at radius 3 is 1.92 bits per heavy atom. The molecule has 0 bridgehead atoms. The maximum absolute atomic E-state index is 10.9. The third-order valence-corrected chi connectivity index (χ3v) is 3.33. The van der Waals surface area contributed by atoms with Crippen molar-refractivity contribution in [3.8, 4) is 0 Å². The first-order valence-electron chi connectivity index (χ1n) is 3.38. The Balaban J connectivity index is 4.58. The van der Waals surface area contributed by atoms with Gasteiger partial charge in [0.2, 0.25) is 0 Å². The van der Waals surface area contributed by atoms with Crippen molar-refractivity contribution >= 4 is 19.7 Å². The lowest BCUT2D eigenvalue weighted by atomic mass is 10.6. The summed E-state index contributed by atoms with van der Waals surface area (Å²) in [7, 11) is -6.66. The molecule has 72 valence electrons. The van der Waals surface area contributed by atoms with Crippen LogP contribution in [0.25, 0.3) is 0 Å². The first-order chi connectivity index (χ1) is 5.27. The molecule has 0 amide bonds. The number of sulfone groups is 2. The fourth-order valence-corrected chi connectivity index (χ4v) is 2.73. The monoisotopic (exact) mass is 212 g/mol. The van der Waals surface area contributed by atoms with Gasteiger partial charge in [0.1, 0.15) is 0 Å². The first-order valence-corrected chi connectivity index (χ1v) is 7.05. The Labute approximate surface area is 73.1 Å². The van der Waals surface area contributed by atoms with Gasteiger partial charge in [-0.1, -0.05) is 6.92 Å². The van der Waals surface area contributed by atoms with E-state index in [0.29, 0.717) is 11.8 Å². The predicted molar refractivity (Wildman–Crippen MR) is 48.1 cm³/mol. The van der Waals surface area contributed by atoms with Gasteiger partial charge in [0.25, 0.3) is 0 Å². The van der Waals surface area contributed by atoms with Gasteiger partial charge in [-0.3, -0.25) is 0 Å². The SMILES string of the molecule is CCCS(=O)(=O)C=CS(C)(=O)=O. The lowest BCUT2D eigenvalue weighted by molar-refractivity contribution is 0.601. The van der Waals surface area contributed by atoms with Crippen molar-refractivity contribution in [2.75, 3.05) is 12.0 Å². The van der Waals surface area contributed by atoms with E-state index in [1.807, 2.05) is 0 Å². The molecule has 0 N–H and O–H groups in total. The lowest BCUT2D eigenvalue weighted by Crippen LogP contribution is -2.01. The van der Waals surface area contributed by atoms with Crippen molar-refractivity contribution in [1.82, 2.24) is 0 Å². The Hall–Kier alpha value is -0.360. The van der Waals surface area contributed by atoms with Gasteiger partial charge in [-0.05, 0) is 6.42 Å². The molecule has 0 heterocycles. The van der Waals surface area contributed by atoms with Crippen LogP contribution in [0.2, 0.25) is 0 Å². The van der Waals surface area contributed by atoms with Crippen molar-refractivity contribution in [3.05, 3.63) is 10.8 Å². The molecular weight excluding hydrogens is 200 g/mol. The molecule has 0 aliphatic carbocycles. The van der Waals surface area contributed by atoms with Crippen LogP contribution in [-0.4, -0.2) is 28.8 Å². The van der Waals surface area contributed by atoms with E-state index >= 15 is 0 Å². The normalized spacial score (nSPS) is 13.8. The second-order valence-electron chi connectivity index (χ2n) is 2.47. The molecule has 0 aliphatic heterocycles. The van der Waals surface area contributed by atoms with E-state index in [2.05, 4.69) is 0 Å². The highest BCUT2D eigenvalue weighted by molar-refractivity contribution is 7.97. The molecule has 0 spiro atoms. The predicted octanol–water partition coefficient (Wildman–Crippen LogP) is 0.327. The van der Waals surface area contributed by atoms with Crippen LogP contribution < -0.4 is 0 Å². The highest BCUT2D eigenvalue weighted by Gasteiger charge is 2.04. The van der Waals surface area contributed by atoms with Gasteiger partial charge in [-0.2, -0.15) is 0 Å². The third-order valence-electron chi connectivity index (χ3n) is 0.999. The maximum Gasteiger partial charge on any atom is 0.172 e. The molecule has 0 rings (SSSR count). The molecule has 6 heteroatoms. The van der Waals surface area contributed by atoms with Gasteiger partial charge in [0.15, 0.2) is 19.7 Å². The van der Waals surface area contributed by atoms with E-state index in [-0.39, 0.29) is 5.75 Å². The molecule has 0 aliphatic rings. The van der Waals surface area contributed by atoms with Crippen molar-refractivity contribution < 1.29 is 16.8 Å². The molecule has 0 atom stereocenters. The summed E-state index contributed by atoms with van der Waals surface area (Å²) in [4.78, 5) is 0. The van der Waals surface area contributed by atoms with Crippen molar-refractivity contribution in [1.29, 1.82) is 0 Å². The summed E-state index contributed by atoms with van der Waals surface area (Å²) >= 11 is 0. The van der Waals surface area contributed by atoms with Crippen LogP contribution in [0.3, 0.4) is 0 Å². The van der Waals surface area contributed by atoms with E-state index in [1.165, 1.54) is 0 Å². The molecule has 0 aromatic rings. The smallest absolute Gasteiger partial charge is 0.172 e. The zero-order chi connectivity index (χ0) is 9.83. The zero-order valence-electron chi connectivity index (χ0n) is 7.02. The second kappa shape index (κ2) is 4.04. The van der Waals surface area contributed by atoms with Crippen molar-refractivity contribution in [2.24, 2.45) is 0 Å². The lowest BCUT2D eigenvalue weighted by Gasteiger charge is -1.92. The fraction of sp³-hybridized carbons (Fsp3) is 0.667. The van der Waals surface area contributed by atoms with Crippen LogP contribution in [0.1, 0.15) is 13.3 Å². The summed E-state index contributed by atoms with van der Waals surface area (Å²) in [5, 5.41) is 1.45. The van der Waals surface area contributed by atoms with E-state index in [9.17, 15) is 16.8 Å². The maximum atomic E-state index is 10.9. The van der Waals surface area contributed by atoms with E-state index in [4.69, 9.17) is 0 Å². The summed E-state index contributed by atoms with van der Waals surface area (Å²) in [5.74, 6) is -0.0149. The molecular formula is C6H12O4S2. The molecule has 0 aromatic heterocycles. The standard InChI is InChI=1S/C6H12O4S2/c1-3-4-12(9,10)6-5-11(2,7)8/h5-6H,3-4H2,1-2H3. The average molecular weight is 212 g/mol. The minimum Gasteiger partial charge on any atom is -0.225 e. The van der Waals surface area contributed by atoms with Gasteiger partial charge >= 0.3 is 0 Å². The minimum atomic E-state index is -3.34. The average Bonchev–Trinajstić information content (AvgIpc) is 1.83. The minimum absolute atomic E-state index is 0.0149. The third kappa shape index (κ3) is 6.36. The van der Waals surface area contributed by atoms with Crippen LogP contribution in [0.4, 0.5) is 0 Å². The van der Waals surface area contributed by atoms with Crippen LogP contribution in [0.15, 0.2) is 10.8 Å². The topological polar surface area (TPSA) is 68.3 Å². The Morgan fingerprint density at radius 2 is 1.58 bits per heavy atom. The van der Waals surface area contributed by atoms with Gasteiger partial charge in [0, 0.05) is 17.1 Å². The molecule has 12 heavy (non-hydrogen) atoms. The van der Waals surface area contributed by atoms with Gasteiger partial charge in [-0.15, -0.1) is 0 Å². The molecule has 4 nitrogen and oxygen atoms in total. The Bertz CT molecular complexity index is 347. The van der Waals surface area contributed by atoms with Gasteiger partial charge in [0.05, 0.1) is 5.75 Å². The number of hydrogen-bond donors (Lipinski definition) is 0. The largest absolute Gasteiger partial charge is 0.225 e. The first kappa shape index (κ1) is 11.6. The second-order valence-corrected chi connectivity index (χ2v) is 6.41. The van der Waals surface area contributed by atoms with Crippen LogP contribution in [0.5, 0.6) is 0 Å². The van der Waals surface area contributed by atoms with Crippen LogP contribution in [-0.2, 0) is 19.7 Å². The summed E-state index contributed by atoms with van der Waals surface area (Å²) in [6.45, 7) is 1.71. The zero-order valence-corrected chi connectivity index (χ0v) is 8.65. The summed E-state index contributed by atoms with van der Waals surface area (Å²) < 4.78 is 42.9. The molecule has 0 saturated heterocycles. The summed E-state index contributed by atoms with van der Waals surface area (Å²) in [6, 6.07) is 0. The fourth-order valence-electron chi connectivity index (χ4n) is 0.538. The van der Waals surface area contributed by atoms with Crippen LogP contribution >= 0.6 is 0 Å². The van der Waals surface area contributed by atoms with Crippen molar-refractivity contribution in [2.45, 2.75) is 13.3 Å². The molecule has 0 radical (unpaired) electrons. The molecule has 0 aromatic carbocycles. The molecule has 0 unspecified atom stereocenters. The van der Waals surface area contributed by atoms with Gasteiger partial charge in [-0.25, -0.2) is 16.8 Å². The Kier molecular flexibility index (Phi) is 3.92. The molecule has 0 fully saturated rings. The van der Waals surface area contributed by atoms with E-state index in [0.717, 1.165) is 11.7 Å². The summed E-state index contributed by atoms with van der Waals surface area (Å²) in [6.07, 6.45) is 1.43. The highest BCUT2D eigenvalue weighted by Crippen LogP contribution is 1.97. The van der Waals surface area contributed by atoms with Gasteiger partial charge < -0.3 is 0 Å². The quantitative estimate of drug-likeness (QED) is 0.673. The van der Waals surface area contributed by atoms with Crippen LogP contribution in [0, 0.1) is 0 Å².